The summed E-state index contributed by atoms with van der Waals surface area (Å²) in [6.45, 7) is 1.71. The number of carboxylic acid groups (broad SMARTS) is 1. The van der Waals surface area contributed by atoms with Crippen molar-refractivity contribution in [1.29, 1.82) is 0 Å². The molecule has 0 saturated heterocycles. The maximum atomic E-state index is 10.9. The van der Waals surface area contributed by atoms with Crippen LogP contribution in [-0.4, -0.2) is 16.2 Å². The first kappa shape index (κ1) is 9.68. The van der Waals surface area contributed by atoms with E-state index in [0.29, 0.717) is 4.88 Å². The third kappa shape index (κ3) is 1.44. The van der Waals surface area contributed by atoms with Gasteiger partial charge in [0, 0.05) is 0 Å². The van der Waals surface area contributed by atoms with Crippen LogP contribution in [0.15, 0.2) is 11.4 Å². The first-order valence-electron chi connectivity index (χ1n) is 4.57. The van der Waals surface area contributed by atoms with Crippen LogP contribution in [0, 0.1) is 5.92 Å². The molecule has 4 heteroatoms. The van der Waals surface area contributed by atoms with Crippen LogP contribution < -0.4 is 0 Å². The molecule has 0 amide bonds. The average molecular weight is 212 g/mol. The van der Waals surface area contributed by atoms with E-state index in [-0.39, 0.29) is 11.5 Å². The topological polar surface area (TPSA) is 57.5 Å². The van der Waals surface area contributed by atoms with Crippen molar-refractivity contribution < 1.29 is 15.0 Å². The fourth-order valence-corrected chi connectivity index (χ4v) is 2.73. The Hall–Kier alpha value is -0.870. The molecule has 2 N–H and O–H groups in total. The minimum atomic E-state index is -0.956. The van der Waals surface area contributed by atoms with Gasteiger partial charge in [-0.1, -0.05) is 0 Å². The van der Waals surface area contributed by atoms with Crippen molar-refractivity contribution in [2.75, 3.05) is 0 Å². The first-order valence-corrected chi connectivity index (χ1v) is 5.45. The van der Waals surface area contributed by atoms with Crippen molar-refractivity contribution in [3.8, 4) is 0 Å². The summed E-state index contributed by atoms with van der Waals surface area (Å²) in [4.78, 5) is 11.5. The fourth-order valence-electron chi connectivity index (χ4n) is 1.70. The number of thiophene rings is 1. The molecular formula is C10H12O3S. The predicted molar refractivity (Wildman–Crippen MR) is 53.6 cm³/mol. The maximum absolute atomic E-state index is 10.9. The summed E-state index contributed by atoms with van der Waals surface area (Å²) >= 11 is 1.32. The number of carboxylic acids is 1. The van der Waals surface area contributed by atoms with Crippen molar-refractivity contribution in [2.24, 2.45) is 5.92 Å². The lowest BCUT2D eigenvalue weighted by atomic mass is 9.95. The summed E-state index contributed by atoms with van der Waals surface area (Å²) in [5.74, 6) is -0.721. The number of carbonyl (C=O) groups is 1. The molecule has 1 aromatic heterocycles. The van der Waals surface area contributed by atoms with Crippen LogP contribution >= 0.6 is 11.3 Å². The molecule has 76 valence electrons. The highest BCUT2D eigenvalue weighted by atomic mass is 32.1. The second kappa shape index (κ2) is 3.07. The number of hydrogen-bond acceptors (Lipinski definition) is 3. The number of aliphatic hydroxyl groups is 1. The van der Waals surface area contributed by atoms with E-state index >= 15 is 0 Å². The maximum Gasteiger partial charge on any atom is 0.336 e. The zero-order valence-electron chi connectivity index (χ0n) is 7.86. The SMILES string of the molecule is CC(O)(c1sccc1C(=O)O)C1CC1. The molecule has 0 spiro atoms. The van der Waals surface area contributed by atoms with Crippen LogP contribution in [0.3, 0.4) is 0 Å². The van der Waals surface area contributed by atoms with Crippen molar-refractivity contribution in [3.05, 3.63) is 21.9 Å². The Balaban J connectivity index is 2.39. The zero-order chi connectivity index (χ0) is 10.3. The van der Waals surface area contributed by atoms with Gasteiger partial charge in [0.05, 0.1) is 16.0 Å². The lowest BCUT2D eigenvalue weighted by Crippen LogP contribution is -2.24. The molecule has 1 unspecified atom stereocenters. The summed E-state index contributed by atoms with van der Waals surface area (Å²) < 4.78 is 0. The van der Waals surface area contributed by atoms with Gasteiger partial charge < -0.3 is 10.2 Å². The quantitative estimate of drug-likeness (QED) is 0.806. The summed E-state index contributed by atoms with van der Waals surface area (Å²) in [5.41, 5.74) is -0.714. The molecule has 1 aliphatic rings. The first-order chi connectivity index (χ1) is 6.53. The van der Waals surface area contributed by atoms with E-state index in [1.54, 1.807) is 18.4 Å². The minimum Gasteiger partial charge on any atom is -0.478 e. The molecule has 1 saturated carbocycles. The predicted octanol–water partition coefficient (Wildman–Crippen LogP) is 2.06. The molecular weight excluding hydrogens is 200 g/mol. The van der Waals surface area contributed by atoms with Crippen LogP contribution in [0.2, 0.25) is 0 Å². The highest BCUT2D eigenvalue weighted by molar-refractivity contribution is 7.10. The van der Waals surface area contributed by atoms with E-state index in [2.05, 4.69) is 0 Å². The second-order valence-corrected chi connectivity index (χ2v) is 4.81. The Morgan fingerprint density at radius 2 is 2.29 bits per heavy atom. The Morgan fingerprint density at radius 3 is 2.79 bits per heavy atom. The van der Waals surface area contributed by atoms with Crippen LogP contribution in [0.5, 0.6) is 0 Å². The van der Waals surface area contributed by atoms with E-state index < -0.39 is 11.6 Å². The third-order valence-corrected chi connectivity index (χ3v) is 3.87. The minimum absolute atomic E-state index is 0.235. The van der Waals surface area contributed by atoms with Gasteiger partial charge in [0.2, 0.25) is 0 Å². The number of rotatable bonds is 3. The average Bonchev–Trinajstić information content (AvgIpc) is 2.82. The van der Waals surface area contributed by atoms with Gasteiger partial charge in [0.1, 0.15) is 0 Å². The van der Waals surface area contributed by atoms with E-state index in [4.69, 9.17) is 5.11 Å². The van der Waals surface area contributed by atoms with Gasteiger partial charge in [-0.05, 0) is 37.1 Å². The van der Waals surface area contributed by atoms with Gasteiger partial charge in [-0.25, -0.2) is 4.79 Å². The molecule has 1 heterocycles. The molecule has 14 heavy (non-hydrogen) atoms. The largest absolute Gasteiger partial charge is 0.478 e. The van der Waals surface area contributed by atoms with Crippen LogP contribution in [0.25, 0.3) is 0 Å². The summed E-state index contributed by atoms with van der Waals surface area (Å²) in [6.07, 6.45) is 1.98. The smallest absolute Gasteiger partial charge is 0.336 e. The molecule has 1 fully saturated rings. The lowest BCUT2D eigenvalue weighted by molar-refractivity contribution is 0.0342. The number of hydrogen-bond donors (Lipinski definition) is 2. The molecule has 0 bridgehead atoms. The van der Waals surface area contributed by atoms with Gasteiger partial charge >= 0.3 is 5.97 Å². The van der Waals surface area contributed by atoms with Gasteiger partial charge in [-0.2, -0.15) is 0 Å². The second-order valence-electron chi connectivity index (χ2n) is 3.89. The van der Waals surface area contributed by atoms with Crippen molar-refractivity contribution in [2.45, 2.75) is 25.4 Å². The molecule has 0 radical (unpaired) electrons. The van der Waals surface area contributed by atoms with Gasteiger partial charge in [-0.15, -0.1) is 11.3 Å². The molecule has 1 aliphatic carbocycles. The number of aromatic carboxylic acids is 1. The van der Waals surface area contributed by atoms with Crippen LogP contribution in [-0.2, 0) is 5.60 Å². The summed E-state index contributed by atoms with van der Waals surface area (Å²) in [5, 5.41) is 20.8. The van der Waals surface area contributed by atoms with Gasteiger partial charge in [0.15, 0.2) is 0 Å². The van der Waals surface area contributed by atoms with Crippen molar-refractivity contribution in [1.82, 2.24) is 0 Å². The van der Waals surface area contributed by atoms with Crippen LogP contribution in [0.4, 0.5) is 0 Å². The molecule has 0 aliphatic heterocycles. The molecule has 2 rings (SSSR count). The summed E-state index contributed by atoms with van der Waals surface area (Å²) in [6, 6.07) is 1.55. The van der Waals surface area contributed by atoms with E-state index in [9.17, 15) is 9.90 Å². The van der Waals surface area contributed by atoms with Crippen LogP contribution in [0.1, 0.15) is 35.0 Å². The van der Waals surface area contributed by atoms with Gasteiger partial charge in [-0.3, -0.25) is 0 Å². The van der Waals surface area contributed by atoms with E-state index in [0.717, 1.165) is 12.8 Å². The monoisotopic (exact) mass is 212 g/mol. The highest BCUT2D eigenvalue weighted by Gasteiger charge is 2.43. The van der Waals surface area contributed by atoms with E-state index in [1.807, 2.05) is 0 Å². The van der Waals surface area contributed by atoms with Crippen molar-refractivity contribution >= 4 is 17.3 Å². The Kier molecular flexibility index (Phi) is 2.12. The highest BCUT2D eigenvalue weighted by Crippen LogP contribution is 2.47. The molecule has 1 atom stereocenters. The molecule has 3 nitrogen and oxygen atoms in total. The zero-order valence-corrected chi connectivity index (χ0v) is 8.67. The molecule has 0 aromatic carbocycles. The summed E-state index contributed by atoms with van der Waals surface area (Å²) in [7, 11) is 0. The standard InChI is InChI=1S/C10H12O3S/c1-10(13,6-2-3-6)8-7(9(11)12)4-5-14-8/h4-6,13H,2-3H2,1H3,(H,11,12). The fraction of sp³-hybridized carbons (Fsp3) is 0.500. The normalized spacial score (nSPS) is 20.4. The third-order valence-electron chi connectivity index (χ3n) is 2.73. The Labute approximate surface area is 86.0 Å². The Bertz CT molecular complexity index is 363. The molecule has 1 aromatic rings. The van der Waals surface area contributed by atoms with Gasteiger partial charge in [0.25, 0.3) is 0 Å². The Morgan fingerprint density at radius 1 is 1.64 bits per heavy atom. The van der Waals surface area contributed by atoms with Crippen molar-refractivity contribution in [3.63, 3.8) is 0 Å². The van der Waals surface area contributed by atoms with E-state index in [1.165, 1.54) is 11.3 Å². The lowest BCUT2D eigenvalue weighted by Gasteiger charge is -2.22.